The number of anilines is 1. The van der Waals surface area contributed by atoms with Crippen LogP contribution in [0.4, 0.5) is 5.82 Å². The van der Waals surface area contributed by atoms with Gasteiger partial charge in [0.05, 0.1) is 12.8 Å². The van der Waals surface area contributed by atoms with Crippen molar-refractivity contribution in [3.63, 3.8) is 0 Å². The van der Waals surface area contributed by atoms with Crippen LogP contribution in [0.1, 0.15) is 29.4 Å². The van der Waals surface area contributed by atoms with E-state index in [1.165, 1.54) is 0 Å². The Balaban J connectivity index is 1.80. The van der Waals surface area contributed by atoms with Gasteiger partial charge in [-0.15, -0.1) is 0 Å². The van der Waals surface area contributed by atoms with Crippen molar-refractivity contribution in [3.8, 4) is 11.4 Å². The fraction of sp³-hybridized carbons (Fsp3) is 0.190. The van der Waals surface area contributed by atoms with Crippen LogP contribution in [-0.4, -0.2) is 28.7 Å². The number of benzene rings is 2. The molecule has 0 saturated carbocycles. The fourth-order valence-electron chi connectivity index (χ4n) is 2.63. The number of hydrogen-bond acceptors (Lipinski definition) is 4. The maximum atomic E-state index is 12.6. The lowest BCUT2D eigenvalue weighted by molar-refractivity contribution is -0.115. The van der Waals surface area contributed by atoms with Gasteiger partial charge >= 0.3 is 0 Å². The third-order valence-electron chi connectivity index (χ3n) is 4.12. The van der Waals surface area contributed by atoms with Gasteiger partial charge in [0, 0.05) is 19.0 Å². The molecule has 0 bridgehead atoms. The van der Waals surface area contributed by atoms with Crippen molar-refractivity contribution in [2.45, 2.75) is 19.9 Å². The summed E-state index contributed by atoms with van der Waals surface area (Å²) in [6, 6.07) is 18.4. The third-order valence-corrected chi connectivity index (χ3v) is 4.12. The molecule has 144 valence electrons. The molecule has 0 aliphatic heterocycles. The lowest BCUT2D eigenvalue weighted by Gasteiger charge is -2.07. The number of ether oxygens (including phenoxy) is 1. The largest absolute Gasteiger partial charge is 0.497 e. The molecular formula is C21H22N4O3. The highest BCUT2D eigenvalue weighted by Gasteiger charge is 2.16. The number of hydrogen-bond donors (Lipinski definition) is 2. The summed E-state index contributed by atoms with van der Waals surface area (Å²) in [7, 11) is 1.60. The van der Waals surface area contributed by atoms with Crippen molar-refractivity contribution >= 4 is 17.6 Å². The Morgan fingerprint density at radius 2 is 1.86 bits per heavy atom. The standard InChI is InChI=1S/C21H22N4O3/c1-3-20(26)23-19-13-18(24-25(19)16-9-5-4-6-10-16)21(27)22-14-15-8-7-11-17(12-15)28-2/h4-13H,3,14H2,1-2H3,(H,22,27)(H,23,26). The normalized spacial score (nSPS) is 10.4. The van der Waals surface area contributed by atoms with Gasteiger partial charge in [0.1, 0.15) is 11.6 Å². The first-order valence-electron chi connectivity index (χ1n) is 8.97. The number of nitrogens with zero attached hydrogens (tertiary/aromatic N) is 2. The molecule has 2 N–H and O–H groups in total. The summed E-state index contributed by atoms with van der Waals surface area (Å²) in [5.41, 5.74) is 1.88. The van der Waals surface area contributed by atoms with Crippen molar-refractivity contribution < 1.29 is 14.3 Å². The molecule has 2 aromatic carbocycles. The second kappa shape index (κ2) is 8.85. The van der Waals surface area contributed by atoms with E-state index in [9.17, 15) is 9.59 Å². The first kappa shape index (κ1) is 19.2. The highest BCUT2D eigenvalue weighted by atomic mass is 16.5. The van der Waals surface area contributed by atoms with E-state index in [0.717, 1.165) is 17.0 Å². The van der Waals surface area contributed by atoms with Crippen molar-refractivity contribution in [2.75, 3.05) is 12.4 Å². The highest BCUT2D eigenvalue weighted by Crippen LogP contribution is 2.18. The summed E-state index contributed by atoms with van der Waals surface area (Å²) in [5.74, 6) is 0.694. The van der Waals surface area contributed by atoms with Gasteiger partial charge in [0.2, 0.25) is 5.91 Å². The molecule has 0 spiro atoms. The summed E-state index contributed by atoms with van der Waals surface area (Å²) in [4.78, 5) is 24.4. The van der Waals surface area contributed by atoms with Crippen LogP contribution < -0.4 is 15.4 Å². The summed E-state index contributed by atoms with van der Waals surface area (Å²) < 4.78 is 6.74. The number of methoxy groups -OCH3 is 1. The number of aromatic nitrogens is 2. The molecule has 28 heavy (non-hydrogen) atoms. The molecule has 2 amide bonds. The second-order valence-electron chi connectivity index (χ2n) is 6.10. The monoisotopic (exact) mass is 378 g/mol. The Bertz CT molecular complexity index is 967. The summed E-state index contributed by atoms with van der Waals surface area (Å²) >= 11 is 0. The molecule has 0 saturated heterocycles. The Morgan fingerprint density at radius 1 is 1.07 bits per heavy atom. The zero-order valence-electron chi connectivity index (χ0n) is 15.8. The molecule has 7 nitrogen and oxygen atoms in total. The molecule has 7 heteroatoms. The van der Waals surface area contributed by atoms with Crippen LogP contribution in [0.15, 0.2) is 60.7 Å². The van der Waals surface area contributed by atoms with E-state index in [0.29, 0.717) is 18.8 Å². The molecule has 3 aromatic rings. The fourth-order valence-corrected chi connectivity index (χ4v) is 2.63. The zero-order valence-corrected chi connectivity index (χ0v) is 15.8. The lowest BCUT2D eigenvalue weighted by Crippen LogP contribution is -2.23. The number of nitrogens with one attached hydrogen (secondary N) is 2. The Labute approximate surface area is 163 Å². The molecule has 3 rings (SSSR count). The topological polar surface area (TPSA) is 85.2 Å². The zero-order chi connectivity index (χ0) is 19.9. The van der Waals surface area contributed by atoms with Crippen LogP contribution in [0.25, 0.3) is 5.69 Å². The second-order valence-corrected chi connectivity index (χ2v) is 6.10. The maximum absolute atomic E-state index is 12.6. The SMILES string of the molecule is CCC(=O)Nc1cc(C(=O)NCc2cccc(OC)c2)nn1-c1ccccc1. The van der Waals surface area contributed by atoms with E-state index in [1.54, 1.807) is 24.8 Å². The highest BCUT2D eigenvalue weighted by molar-refractivity contribution is 5.95. The Morgan fingerprint density at radius 3 is 2.57 bits per heavy atom. The summed E-state index contributed by atoms with van der Waals surface area (Å²) in [6.45, 7) is 2.10. The van der Waals surface area contributed by atoms with Gasteiger partial charge in [-0.2, -0.15) is 5.10 Å². The summed E-state index contributed by atoms with van der Waals surface area (Å²) in [5, 5.41) is 10.0. The van der Waals surface area contributed by atoms with Crippen LogP contribution in [0.2, 0.25) is 0 Å². The van der Waals surface area contributed by atoms with Crippen LogP contribution in [0.3, 0.4) is 0 Å². The van der Waals surface area contributed by atoms with Crippen molar-refractivity contribution in [1.29, 1.82) is 0 Å². The van der Waals surface area contributed by atoms with Gasteiger partial charge in [-0.05, 0) is 29.8 Å². The van der Waals surface area contributed by atoms with Crippen molar-refractivity contribution in [2.24, 2.45) is 0 Å². The maximum Gasteiger partial charge on any atom is 0.272 e. The lowest BCUT2D eigenvalue weighted by atomic mass is 10.2. The molecular weight excluding hydrogens is 356 g/mol. The molecule has 0 radical (unpaired) electrons. The Kier molecular flexibility index (Phi) is 6.06. The van der Waals surface area contributed by atoms with Gasteiger partial charge in [0.25, 0.3) is 5.91 Å². The quantitative estimate of drug-likeness (QED) is 0.661. The first-order chi connectivity index (χ1) is 13.6. The molecule has 0 aliphatic rings. The Hall–Kier alpha value is -3.61. The molecule has 1 heterocycles. The van der Waals surface area contributed by atoms with Crippen molar-refractivity contribution in [3.05, 3.63) is 71.9 Å². The summed E-state index contributed by atoms with van der Waals surface area (Å²) in [6.07, 6.45) is 0.331. The van der Waals surface area contributed by atoms with E-state index >= 15 is 0 Å². The van der Waals surface area contributed by atoms with Gasteiger partial charge in [-0.1, -0.05) is 37.3 Å². The van der Waals surface area contributed by atoms with E-state index in [1.807, 2.05) is 54.6 Å². The minimum atomic E-state index is -0.329. The van der Waals surface area contributed by atoms with Gasteiger partial charge in [-0.25, -0.2) is 4.68 Å². The smallest absolute Gasteiger partial charge is 0.272 e. The van der Waals surface area contributed by atoms with Crippen LogP contribution >= 0.6 is 0 Å². The number of amides is 2. The van der Waals surface area contributed by atoms with E-state index < -0.39 is 0 Å². The molecule has 1 aromatic heterocycles. The third kappa shape index (κ3) is 4.56. The van der Waals surface area contributed by atoms with E-state index in [4.69, 9.17) is 4.74 Å². The number of carbonyl (C=O) groups excluding carboxylic acids is 2. The first-order valence-corrected chi connectivity index (χ1v) is 8.97. The molecule has 0 aliphatic carbocycles. The predicted molar refractivity (Wildman–Crippen MR) is 107 cm³/mol. The minimum absolute atomic E-state index is 0.152. The number of carbonyl (C=O) groups is 2. The van der Waals surface area contributed by atoms with E-state index in [2.05, 4.69) is 15.7 Å². The molecule has 0 unspecified atom stereocenters. The predicted octanol–water partition coefficient (Wildman–Crippen LogP) is 3.16. The average molecular weight is 378 g/mol. The van der Waals surface area contributed by atoms with Crippen molar-refractivity contribution in [1.82, 2.24) is 15.1 Å². The van der Waals surface area contributed by atoms with Gasteiger partial charge < -0.3 is 15.4 Å². The molecule has 0 fully saturated rings. The molecule has 0 atom stereocenters. The number of rotatable bonds is 7. The number of para-hydroxylation sites is 1. The van der Waals surface area contributed by atoms with Crippen LogP contribution in [-0.2, 0) is 11.3 Å². The van der Waals surface area contributed by atoms with Crippen LogP contribution in [0, 0.1) is 0 Å². The van der Waals surface area contributed by atoms with E-state index in [-0.39, 0.29) is 17.5 Å². The van der Waals surface area contributed by atoms with Gasteiger partial charge in [0.15, 0.2) is 5.69 Å². The average Bonchev–Trinajstić information content (AvgIpc) is 3.16. The van der Waals surface area contributed by atoms with Crippen LogP contribution in [0.5, 0.6) is 5.75 Å². The minimum Gasteiger partial charge on any atom is -0.497 e. The van der Waals surface area contributed by atoms with Gasteiger partial charge in [-0.3, -0.25) is 9.59 Å².